The third-order valence-electron chi connectivity index (χ3n) is 10.2. The summed E-state index contributed by atoms with van der Waals surface area (Å²) < 4.78 is 10.2. The molecule has 414 valence electrons. The molecule has 0 saturated carbocycles. The van der Waals surface area contributed by atoms with Crippen LogP contribution in [0.25, 0.3) is 0 Å². The van der Waals surface area contributed by atoms with E-state index in [1.165, 1.54) is 42.5 Å². The number of carbonyl (C=O) groups excluding carboxylic acids is 7. The molecular weight excluding hydrogens is 1100 g/mol. The van der Waals surface area contributed by atoms with Gasteiger partial charge in [0.15, 0.2) is 36.7 Å². The summed E-state index contributed by atoms with van der Waals surface area (Å²) in [6.07, 6.45) is 0.739. The summed E-state index contributed by atoms with van der Waals surface area (Å²) in [4.78, 5) is 122. The normalized spacial score (nSPS) is 11.4. The van der Waals surface area contributed by atoms with Crippen molar-refractivity contribution >= 4 is 123 Å². The minimum absolute atomic E-state index is 0.0345. The number of hydrogen-bond acceptors (Lipinski definition) is 15. The van der Waals surface area contributed by atoms with Crippen LogP contribution in [0.2, 0.25) is 20.1 Å². The Morgan fingerprint density at radius 3 is 1.27 bits per heavy atom. The molecule has 3 rings (SSSR count). The highest BCUT2D eigenvalue weighted by Crippen LogP contribution is 2.37. The molecule has 0 bridgehead atoms. The Labute approximate surface area is 459 Å². The molecule has 0 aliphatic carbocycles. The number of guanidine groups is 2. The van der Waals surface area contributed by atoms with Crippen LogP contribution >= 0.6 is 46.4 Å². The van der Waals surface area contributed by atoms with Gasteiger partial charge in [0.05, 0.1) is 35.2 Å². The quantitative estimate of drug-likeness (QED) is 0.0134. The monoisotopic (exact) mass is 1150 g/mol. The topological polar surface area (TPSA) is 440 Å². The molecular formula is C47H55Cl4N13O13. The first-order valence-corrected chi connectivity index (χ1v) is 24.1. The van der Waals surface area contributed by atoms with Gasteiger partial charge in [0.2, 0.25) is 29.5 Å². The van der Waals surface area contributed by atoms with E-state index in [0.717, 1.165) is 0 Å². The van der Waals surface area contributed by atoms with Crippen LogP contribution in [-0.4, -0.2) is 140 Å². The summed E-state index contributed by atoms with van der Waals surface area (Å²) in [5, 5.41) is 32.7. The van der Waals surface area contributed by atoms with Crippen molar-refractivity contribution in [2.75, 3.05) is 63.1 Å². The smallest absolute Gasteiger partial charge is 0.341 e. The summed E-state index contributed by atoms with van der Waals surface area (Å²) in [6.45, 7) is 4.65. The minimum atomic E-state index is -1.27. The number of amides is 5. The number of aliphatic imine (C=N–C) groups is 2. The molecule has 0 aliphatic rings. The first kappa shape index (κ1) is 63.3. The second kappa shape index (κ2) is 31.1. The van der Waals surface area contributed by atoms with E-state index in [1.54, 1.807) is 0 Å². The van der Waals surface area contributed by atoms with Crippen molar-refractivity contribution in [3.05, 3.63) is 104 Å². The molecule has 0 spiro atoms. The molecule has 3 aromatic rings. The van der Waals surface area contributed by atoms with Gasteiger partial charge in [0.25, 0.3) is 0 Å². The highest BCUT2D eigenvalue weighted by Gasteiger charge is 2.25. The Bertz CT molecular complexity index is 2660. The molecule has 0 heterocycles. The van der Waals surface area contributed by atoms with Crippen LogP contribution in [0.1, 0.15) is 56.8 Å². The van der Waals surface area contributed by atoms with E-state index >= 15 is 0 Å². The number of carboxylic acid groups (broad SMARTS) is 2. The molecule has 0 saturated heterocycles. The molecule has 2 atom stereocenters. The Hall–Kier alpha value is -8.01. The number of ether oxygens (including phenoxy) is 2. The van der Waals surface area contributed by atoms with Gasteiger partial charge < -0.3 is 80.3 Å². The second-order valence-electron chi connectivity index (χ2n) is 16.2. The maximum absolute atomic E-state index is 13.4. The molecule has 77 heavy (non-hydrogen) atoms. The first-order chi connectivity index (χ1) is 36.3. The zero-order chi connectivity index (χ0) is 57.5. The van der Waals surface area contributed by atoms with E-state index in [2.05, 4.69) is 55.0 Å². The van der Waals surface area contributed by atoms with Gasteiger partial charge in [-0.05, 0) is 68.1 Å². The van der Waals surface area contributed by atoms with E-state index in [9.17, 15) is 43.2 Å². The number of carbonyl (C=O) groups is 9. The van der Waals surface area contributed by atoms with Gasteiger partial charge in [0, 0.05) is 65.4 Å². The van der Waals surface area contributed by atoms with E-state index < -0.39 is 91.4 Å². The maximum atomic E-state index is 13.4. The summed E-state index contributed by atoms with van der Waals surface area (Å²) in [5.41, 5.74) is 26.7. The summed E-state index contributed by atoms with van der Waals surface area (Å²) in [7, 11) is 0. The van der Waals surface area contributed by atoms with Crippen LogP contribution in [-0.2, 0) is 28.8 Å². The Morgan fingerprint density at radius 1 is 0.558 bits per heavy atom. The van der Waals surface area contributed by atoms with Crippen molar-refractivity contribution in [2.24, 2.45) is 38.7 Å². The fraction of sp³-hybridized carbons (Fsp3) is 0.298. The van der Waals surface area contributed by atoms with Gasteiger partial charge in [-0.2, -0.15) is 0 Å². The largest absolute Gasteiger partial charge is 0.480 e. The van der Waals surface area contributed by atoms with E-state index in [1.807, 2.05) is 0 Å². The van der Waals surface area contributed by atoms with Gasteiger partial charge in [-0.15, -0.1) is 0 Å². The van der Waals surface area contributed by atoms with Crippen molar-refractivity contribution in [3.63, 3.8) is 0 Å². The molecule has 26 nitrogen and oxygen atoms in total. The van der Waals surface area contributed by atoms with Crippen molar-refractivity contribution in [3.8, 4) is 11.5 Å². The van der Waals surface area contributed by atoms with Crippen molar-refractivity contribution in [2.45, 2.75) is 37.8 Å². The minimum Gasteiger partial charge on any atom is -0.480 e. The lowest BCUT2D eigenvalue weighted by Gasteiger charge is -2.19. The number of hydrogen-bond donors (Lipinski definition) is 13. The van der Waals surface area contributed by atoms with Crippen molar-refractivity contribution in [1.29, 1.82) is 0 Å². The molecule has 18 N–H and O–H groups in total. The van der Waals surface area contributed by atoms with Crippen LogP contribution in [0.3, 0.4) is 0 Å². The molecule has 0 aromatic heterocycles. The van der Waals surface area contributed by atoms with Crippen LogP contribution in [0.5, 0.6) is 11.5 Å². The van der Waals surface area contributed by atoms with E-state index in [-0.39, 0.29) is 135 Å². The van der Waals surface area contributed by atoms with Crippen LogP contribution in [0.4, 0.5) is 11.4 Å². The van der Waals surface area contributed by atoms with Crippen LogP contribution in [0, 0.1) is 0 Å². The number of Topliss-reactive ketones (excluding diaryl/α,β-unsaturated/α-hetero) is 2. The number of ketones is 2. The average molecular weight is 1150 g/mol. The second-order valence-corrected chi connectivity index (χ2v) is 17.7. The number of benzene rings is 3. The number of halogens is 4. The Balaban J connectivity index is 1.66. The lowest BCUT2D eigenvalue weighted by Crippen LogP contribution is -2.47. The van der Waals surface area contributed by atoms with Gasteiger partial charge in [-0.1, -0.05) is 59.6 Å². The summed E-state index contributed by atoms with van der Waals surface area (Å²) >= 11 is 25.0. The summed E-state index contributed by atoms with van der Waals surface area (Å²) in [5.74, 6) is -8.30. The van der Waals surface area contributed by atoms with Gasteiger partial charge in [-0.25, -0.2) is 9.59 Å². The zero-order valence-corrected chi connectivity index (χ0v) is 43.8. The predicted octanol–water partition coefficient (Wildman–Crippen LogP) is 1.34. The Kier molecular flexibility index (Phi) is 25.6. The third-order valence-corrected chi connectivity index (χ3v) is 11.9. The van der Waals surface area contributed by atoms with E-state index in [4.69, 9.17) is 94.8 Å². The van der Waals surface area contributed by atoms with Crippen LogP contribution < -0.4 is 70.0 Å². The third kappa shape index (κ3) is 21.3. The molecule has 5 amide bonds. The molecule has 0 radical (unpaired) electrons. The first-order valence-electron chi connectivity index (χ1n) is 22.6. The average Bonchev–Trinajstić information content (AvgIpc) is 3.36. The van der Waals surface area contributed by atoms with E-state index in [0.29, 0.717) is 0 Å². The number of aliphatic carboxylic acids is 2. The fourth-order valence-electron chi connectivity index (χ4n) is 6.51. The predicted molar refractivity (Wildman–Crippen MR) is 288 cm³/mol. The molecule has 0 fully saturated rings. The van der Waals surface area contributed by atoms with Crippen LogP contribution in [0.15, 0.2) is 76.8 Å². The number of primary amides is 1. The SMILES string of the molecule is C=C(CN[C@@H](CCCN=C(N)N)C(=O)NCC(=O)Nc1cc(NC(=O)CNC(=O)[C@H](CCCN=C(N)N)NCC(=C)C(=O)c2ccc(OCC(=O)O)c(Cl)c2Cl)cc(C(N)=O)c1)C(=O)c1ccc(OCC(=O)O)c(Cl)c1Cl. The molecule has 0 unspecified atom stereocenters. The van der Waals surface area contributed by atoms with Crippen molar-refractivity contribution in [1.82, 2.24) is 21.3 Å². The number of nitrogens with two attached hydrogens (primary N) is 5. The molecule has 0 aliphatic heterocycles. The number of carboxylic acids is 2. The fourth-order valence-corrected chi connectivity index (χ4v) is 7.44. The lowest BCUT2D eigenvalue weighted by atomic mass is 10.0. The standard InChI is InChI=1S/C47H55Cl4N13O13/c1-22(41(71)27-7-9-31(39(50)37(27)48)76-20-35(67)68)16-59-29(5-3-11-57-46(53)54)44(74)61-18-33(65)63-25-13-24(43(52)73)14-26(15-25)64-34(66)19-62-45(75)30(6-4-12-58-47(55)56)60-17-23(2)42(72)28-8-10-32(40(51)38(28)49)77-21-36(69)70/h7-10,13-15,29-30,59-60H,1-6,11-12,16-21H2,(H2,52,73)(H,61,74)(H,62,75)(H,63,65)(H,64,66)(H,67,68)(H,69,70)(H4,53,54,57)(H4,55,56,58)/t29-,30-/m0/s1. The molecule has 3 aromatic carbocycles. The summed E-state index contributed by atoms with van der Waals surface area (Å²) in [6, 6.07) is 6.65. The van der Waals surface area contributed by atoms with Gasteiger partial charge in [-0.3, -0.25) is 43.5 Å². The van der Waals surface area contributed by atoms with Gasteiger partial charge >= 0.3 is 11.9 Å². The zero-order valence-electron chi connectivity index (χ0n) is 40.8. The molecule has 30 heteroatoms. The number of nitrogens with zero attached hydrogens (tertiary/aromatic N) is 2. The number of anilines is 2. The lowest BCUT2D eigenvalue weighted by molar-refractivity contribution is -0.140. The van der Waals surface area contributed by atoms with Crippen molar-refractivity contribution < 1.29 is 62.8 Å². The highest BCUT2D eigenvalue weighted by molar-refractivity contribution is 6.46. The highest BCUT2D eigenvalue weighted by atomic mass is 35.5. The number of nitrogens with one attached hydrogen (secondary N) is 6. The maximum Gasteiger partial charge on any atom is 0.341 e. The Morgan fingerprint density at radius 2 is 0.935 bits per heavy atom. The number of rotatable bonds is 33. The van der Waals surface area contributed by atoms with Gasteiger partial charge in [0.1, 0.15) is 21.5 Å².